The maximum Gasteiger partial charge on any atom is 0.267 e. The number of nitrogens with one attached hydrogen (secondary N) is 2. The lowest BCUT2D eigenvalue weighted by molar-refractivity contribution is -0.112. The summed E-state index contributed by atoms with van der Waals surface area (Å²) in [6.07, 6.45) is 1.28. The van der Waals surface area contributed by atoms with Gasteiger partial charge in [0, 0.05) is 18.3 Å². The summed E-state index contributed by atoms with van der Waals surface area (Å²) in [4.78, 5) is 12.5. The third-order valence-corrected chi connectivity index (χ3v) is 4.11. The van der Waals surface area contributed by atoms with Gasteiger partial charge in [-0.2, -0.15) is 5.26 Å². The zero-order valence-electron chi connectivity index (χ0n) is 15.9. The molecule has 2 N–H and O–H groups in total. The molecule has 0 spiro atoms. The minimum Gasteiger partial charge on any atom is -0.495 e. The van der Waals surface area contributed by atoms with E-state index in [9.17, 15) is 10.1 Å². The molecule has 0 fully saturated rings. The lowest BCUT2D eigenvalue weighted by atomic mass is 10.2. The van der Waals surface area contributed by atoms with E-state index in [0.29, 0.717) is 33.6 Å². The summed E-state index contributed by atoms with van der Waals surface area (Å²) in [5, 5.41) is 15.3. The van der Waals surface area contributed by atoms with Crippen LogP contribution in [0.2, 0.25) is 5.02 Å². The number of anilines is 2. The van der Waals surface area contributed by atoms with Crippen molar-refractivity contribution in [2.24, 2.45) is 0 Å². The van der Waals surface area contributed by atoms with Crippen molar-refractivity contribution in [2.75, 3.05) is 32.0 Å². The minimum atomic E-state index is -0.584. The van der Waals surface area contributed by atoms with E-state index in [1.807, 2.05) is 19.1 Å². The first-order chi connectivity index (χ1) is 13.4. The van der Waals surface area contributed by atoms with Crippen LogP contribution in [-0.2, 0) is 4.79 Å². The van der Waals surface area contributed by atoms with Gasteiger partial charge in [0.15, 0.2) is 0 Å². The highest BCUT2D eigenvalue weighted by Gasteiger charge is 2.14. The second kappa shape index (κ2) is 9.53. The van der Waals surface area contributed by atoms with Gasteiger partial charge in [0.25, 0.3) is 5.91 Å². The van der Waals surface area contributed by atoms with Crippen LogP contribution < -0.4 is 24.8 Å². The zero-order valence-corrected chi connectivity index (χ0v) is 16.7. The van der Waals surface area contributed by atoms with Crippen molar-refractivity contribution in [3.63, 3.8) is 0 Å². The van der Waals surface area contributed by atoms with Crippen molar-refractivity contribution < 1.29 is 19.0 Å². The molecular formula is C20H20ClN3O4. The maximum absolute atomic E-state index is 12.5. The van der Waals surface area contributed by atoms with E-state index < -0.39 is 5.91 Å². The van der Waals surface area contributed by atoms with Crippen molar-refractivity contribution in [1.82, 2.24) is 0 Å². The highest BCUT2D eigenvalue weighted by Crippen LogP contribution is 2.36. The summed E-state index contributed by atoms with van der Waals surface area (Å²) >= 11 is 6.08. The lowest BCUT2D eigenvalue weighted by Gasteiger charge is -2.13. The quantitative estimate of drug-likeness (QED) is 0.535. The van der Waals surface area contributed by atoms with Crippen LogP contribution in [0, 0.1) is 18.3 Å². The molecule has 28 heavy (non-hydrogen) atoms. The van der Waals surface area contributed by atoms with Crippen LogP contribution >= 0.6 is 11.6 Å². The highest BCUT2D eigenvalue weighted by molar-refractivity contribution is 6.32. The van der Waals surface area contributed by atoms with Gasteiger partial charge < -0.3 is 24.8 Å². The molecule has 0 radical (unpaired) electrons. The van der Waals surface area contributed by atoms with Gasteiger partial charge in [-0.05, 0) is 24.6 Å². The van der Waals surface area contributed by atoms with Crippen LogP contribution in [0.1, 0.15) is 5.56 Å². The number of benzene rings is 2. The number of hydrogen-bond acceptors (Lipinski definition) is 6. The van der Waals surface area contributed by atoms with Crippen molar-refractivity contribution in [3.05, 3.63) is 52.7 Å². The Kier molecular flexibility index (Phi) is 7.13. The third-order valence-electron chi connectivity index (χ3n) is 3.81. The number of halogens is 1. The molecule has 0 saturated carbocycles. The van der Waals surface area contributed by atoms with Gasteiger partial charge in [-0.25, -0.2) is 0 Å². The molecular weight excluding hydrogens is 382 g/mol. The summed E-state index contributed by atoms with van der Waals surface area (Å²) in [6.45, 7) is 1.89. The molecule has 0 heterocycles. The number of amides is 1. The third kappa shape index (κ3) is 4.87. The van der Waals surface area contributed by atoms with Crippen molar-refractivity contribution in [3.8, 4) is 23.3 Å². The lowest BCUT2D eigenvalue weighted by Crippen LogP contribution is -2.15. The van der Waals surface area contributed by atoms with Gasteiger partial charge in [0.1, 0.15) is 28.9 Å². The van der Waals surface area contributed by atoms with E-state index >= 15 is 0 Å². The Morgan fingerprint density at radius 2 is 1.71 bits per heavy atom. The van der Waals surface area contributed by atoms with E-state index in [1.165, 1.54) is 27.5 Å². The number of aryl methyl sites for hydroxylation is 1. The first kappa shape index (κ1) is 20.9. The second-order valence-corrected chi connectivity index (χ2v) is 6.07. The average molecular weight is 402 g/mol. The van der Waals surface area contributed by atoms with E-state index in [4.69, 9.17) is 25.8 Å². The minimum absolute atomic E-state index is 0.139. The van der Waals surface area contributed by atoms with Crippen LogP contribution in [0.4, 0.5) is 11.4 Å². The maximum atomic E-state index is 12.5. The molecule has 2 aromatic carbocycles. The Bertz CT molecular complexity index is 951. The number of carbonyl (C=O) groups excluding carboxylic acids is 1. The Labute approximate surface area is 168 Å². The molecule has 146 valence electrons. The van der Waals surface area contributed by atoms with E-state index in [0.717, 1.165) is 5.56 Å². The molecule has 0 aliphatic carbocycles. The first-order valence-corrected chi connectivity index (χ1v) is 8.55. The van der Waals surface area contributed by atoms with Gasteiger partial charge in [-0.1, -0.05) is 17.7 Å². The molecule has 7 nitrogen and oxygen atoms in total. The molecule has 2 aromatic rings. The average Bonchev–Trinajstić information content (AvgIpc) is 2.69. The Hall–Kier alpha value is -3.37. The molecule has 0 atom stereocenters. The SMILES string of the molecule is COc1cc(N/C=C(/C#N)C(=O)Nc2cc(C)ccc2OC)c(OC)cc1Cl. The smallest absolute Gasteiger partial charge is 0.267 e. The second-order valence-electron chi connectivity index (χ2n) is 5.66. The number of carbonyl (C=O) groups is 1. The van der Waals surface area contributed by atoms with Crippen LogP contribution in [0.5, 0.6) is 17.2 Å². The monoisotopic (exact) mass is 401 g/mol. The molecule has 1 amide bonds. The normalized spacial score (nSPS) is 10.6. The molecule has 8 heteroatoms. The van der Waals surface area contributed by atoms with Crippen LogP contribution in [0.15, 0.2) is 42.1 Å². The van der Waals surface area contributed by atoms with Gasteiger partial charge >= 0.3 is 0 Å². The van der Waals surface area contributed by atoms with Gasteiger partial charge in [0.2, 0.25) is 0 Å². The Morgan fingerprint density at radius 3 is 2.32 bits per heavy atom. The largest absolute Gasteiger partial charge is 0.495 e. The first-order valence-electron chi connectivity index (χ1n) is 8.17. The number of ether oxygens (including phenoxy) is 3. The van der Waals surface area contributed by atoms with Crippen molar-refractivity contribution >= 4 is 28.9 Å². The van der Waals surface area contributed by atoms with Gasteiger partial charge in [-0.3, -0.25) is 4.79 Å². The van der Waals surface area contributed by atoms with Gasteiger partial charge in [0.05, 0.1) is 37.7 Å². The van der Waals surface area contributed by atoms with Gasteiger partial charge in [-0.15, -0.1) is 0 Å². The molecule has 0 aromatic heterocycles. The van der Waals surface area contributed by atoms with E-state index in [2.05, 4.69) is 10.6 Å². The number of rotatable bonds is 7. The van der Waals surface area contributed by atoms with E-state index in [-0.39, 0.29) is 5.57 Å². The molecule has 0 unspecified atom stereocenters. The predicted molar refractivity (Wildman–Crippen MR) is 108 cm³/mol. The topological polar surface area (TPSA) is 92.6 Å². The molecule has 0 aliphatic rings. The summed E-state index contributed by atoms with van der Waals surface area (Å²) in [6, 6.07) is 10.4. The Morgan fingerprint density at radius 1 is 1.04 bits per heavy atom. The fourth-order valence-electron chi connectivity index (χ4n) is 2.38. The predicted octanol–water partition coefficient (Wildman–Crippen LogP) is 4.13. The van der Waals surface area contributed by atoms with Crippen molar-refractivity contribution in [1.29, 1.82) is 5.26 Å². The standard InChI is InChI=1S/C20H20ClN3O4/c1-12-5-6-17(26-2)16(7-12)24-20(25)13(10-22)11-23-15-9-18(27-3)14(21)8-19(15)28-4/h5-9,11,23H,1-4H3,(H,24,25)/b13-11-. The summed E-state index contributed by atoms with van der Waals surface area (Å²) < 4.78 is 15.7. The van der Waals surface area contributed by atoms with Crippen LogP contribution in [0.25, 0.3) is 0 Å². The summed E-state index contributed by atoms with van der Waals surface area (Å²) in [5.74, 6) is 0.762. The molecule has 0 aliphatic heterocycles. The summed E-state index contributed by atoms with van der Waals surface area (Å²) in [5.41, 5.74) is 1.76. The Balaban J connectivity index is 2.26. The number of hydrogen-bond donors (Lipinski definition) is 2. The highest BCUT2D eigenvalue weighted by atomic mass is 35.5. The molecule has 0 bridgehead atoms. The van der Waals surface area contributed by atoms with E-state index in [1.54, 1.807) is 24.3 Å². The van der Waals surface area contributed by atoms with Crippen LogP contribution in [-0.4, -0.2) is 27.2 Å². The summed E-state index contributed by atoms with van der Waals surface area (Å²) in [7, 11) is 4.47. The molecule has 0 saturated heterocycles. The number of nitrogens with zero attached hydrogens (tertiary/aromatic N) is 1. The van der Waals surface area contributed by atoms with Crippen LogP contribution in [0.3, 0.4) is 0 Å². The zero-order chi connectivity index (χ0) is 20.7. The fraction of sp³-hybridized carbons (Fsp3) is 0.200. The number of methoxy groups -OCH3 is 3. The fourth-order valence-corrected chi connectivity index (χ4v) is 2.61. The molecule has 2 rings (SSSR count). The van der Waals surface area contributed by atoms with Crippen molar-refractivity contribution in [2.45, 2.75) is 6.92 Å². The number of nitriles is 1.